The van der Waals surface area contributed by atoms with Crippen molar-refractivity contribution in [3.63, 3.8) is 0 Å². The van der Waals surface area contributed by atoms with Crippen molar-refractivity contribution in [2.45, 2.75) is 126 Å². The van der Waals surface area contributed by atoms with Crippen molar-refractivity contribution in [2.75, 3.05) is 25.4 Å². The molecule has 27 nitrogen and oxygen atoms in total. The average molecular weight is 1160 g/mol. The number of fused-ring (bicyclic) bond motifs is 1. The number of amides is 9. The Hall–Kier alpha value is -8.34. The smallest absolute Gasteiger partial charge is 0.244 e. The first-order valence-electron chi connectivity index (χ1n) is 26.3. The molecule has 0 spiro atoms. The number of guanidine groups is 2. The molecule has 7 atom stereocenters. The third kappa shape index (κ3) is 21.0. The van der Waals surface area contributed by atoms with Gasteiger partial charge in [-0.3, -0.25) is 54.0 Å². The van der Waals surface area contributed by atoms with E-state index in [-0.39, 0.29) is 95.1 Å². The molecule has 0 aliphatic carbocycles. The molecule has 0 radical (unpaired) electrons. The lowest BCUT2D eigenvalue weighted by atomic mass is 10.0. The van der Waals surface area contributed by atoms with Crippen molar-refractivity contribution in [1.29, 1.82) is 10.8 Å². The fourth-order valence-electron chi connectivity index (χ4n) is 8.70. The number of hydrogen-bond donors (Lipinski definition) is 17. The Balaban J connectivity index is 1.56. The van der Waals surface area contributed by atoms with E-state index in [9.17, 15) is 43.2 Å². The van der Waals surface area contributed by atoms with Crippen LogP contribution in [0.3, 0.4) is 0 Å². The molecule has 0 unspecified atom stereocenters. The summed E-state index contributed by atoms with van der Waals surface area (Å²) in [6.07, 6.45) is 4.65. The Bertz CT molecular complexity index is 2830. The largest absolute Gasteiger partial charge is 0.370 e. The van der Waals surface area contributed by atoms with Crippen LogP contribution in [-0.2, 0) is 62.4 Å². The summed E-state index contributed by atoms with van der Waals surface area (Å²) in [5, 5.41) is 43.2. The maximum absolute atomic E-state index is 14.8. The van der Waals surface area contributed by atoms with E-state index in [2.05, 4.69) is 68.1 Å². The number of nitrogens with two attached hydrogens (primary N) is 3. The number of aromatic amines is 2. The lowest BCUT2D eigenvalue weighted by Gasteiger charge is -2.32. The van der Waals surface area contributed by atoms with Gasteiger partial charge in [-0.2, -0.15) is 0 Å². The molecule has 3 heterocycles. The van der Waals surface area contributed by atoms with Gasteiger partial charge in [-0.15, -0.1) is 0 Å². The standard InChI is InChI=1S/C52H74N18O9S2/c1-29(71)64-35(16-9-20-60-50(54)55)45(75)69-40-27-80-81-52(2,3)42(43(53)73)70-41(72)18-11-19-59-44(74)38(23-31-25-62-34-15-8-7-14-33(31)34)67-46(76)36(17-10-21-61-51(56)57)65-47(77)37(22-30-12-5-4-6-13-30)66-48(78)39(68-49(40)79)24-32-26-58-28-63-32/h4-8,12-15,25-26,28,35-40,42,62H,9-11,16-24,27H2,1-3H3,(H2,53,73)(H,58,63)(H,59,74)(H,64,71)(H,65,77)(H,66,78)(H,67,76)(H,68,79)(H,69,75)(H,70,72)(H4,54,55,60)(H4,56,57,61)/t35-,36+,37-,38+,39+,40+,42-/m1/s1. The molecule has 1 fully saturated rings. The van der Waals surface area contributed by atoms with Crippen molar-refractivity contribution < 1.29 is 43.2 Å². The van der Waals surface area contributed by atoms with Crippen LogP contribution in [0.2, 0.25) is 0 Å². The van der Waals surface area contributed by atoms with Gasteiger partial charge in [0.2, 0.25) is 53.2 Å². The highest BCUT2D eigenvalue weighted by molar-refractivity contribution is 8.77. The van der Waals surface area contributed by atoms with Gasteiger partial charge in [-0.1, -0.05) is 70.1 Å². The molecule has 2 aromatic heterocycles. The number of benzene rings is 2. The molecule has 20 N–H and O–H groups in total. The summed E-state index contributed by atoms with van der Waals surface area (Å²) in [5.74, 6) is -7.52. The lowest BCUT2D eigenvalue weighted by molar-refractivity contribution is -0.135. The van der Waals surface area contributed by atoms with Crippen molar-refractivity contribution in [3.8, 4) is 0 Å². The van der Waals surface area contributed by atoms with Gasteiger partial charge in [-0.25, -0.2) is 4.98 Å². The summed E-state index contributed by atoms with van der Waals surface area (Å²) >= 11 is 0. The summed E-state index contributed by atoms with van der Waals surface area (Å²) in [6, 6.07) is 6.76. The van der Waals surface area contributed by atoms with Gasteiger partial charge in [0.05, 0.1) is 12.0 Å². The van der Waals surface area contributed by atoms with Gasteiger partial charge in [0.15, 0.2) is 11.9 Å². The number of carbonyl (C=O) groups excluding carboxylic acids is 9. The molecule has 2 aromatic carbocycles. The van der Waals surface area contributed by atoms with E-state index >= 15 is 0 Å². The number of primary amides is 1. The predicted octanol–water partition coefficient (Wildman–Crippen LogP) is -1.59. The van der Waals surface area contributed by atoms with Crippen LogP contribution in [0, 0.1) is 10.8 Å². The quantitative estimate of drug-likeness (QED) is 0.0231. The number of aromatic nitrogens is 3. The Morgan fingerprint density at radius 2 is 1.37 bits per heavy atom. The Morgan fingerprint density at radius 3 is 2.02 bits per heavy atom. The van der Waals surface area contributed by atoms with E-state index in [1.54, 1.807) is 50.4 Å². The maximum atomic E-state index is 14.8. The van der Waals surface area contributed by atoms with Crippen LogP contribution >= 0.6 is 21.6 Å². The molecule has 5 rings (SSSR count). The van der Waals surface area contributed by atoms with Crippen LogP contribution in [0.1, 0.15) is 76.1 Å². The van der Waals surface area contributed by atoms with Crippen LogP contribution < -0.4 is 70.4 Å². The number of H-pyrrole nitrogens is 2. The van der Waals surface area contributed by atoms with Crippen molar-refractivity contribution in [2.24, 2.45) is 17.2 Å². The zero-order chi connectivity index (χ0) is 59.1. The molecule has 4 aromatic rings. The second kappa shape index (κ2) is 31.5. The highest BCUT2D eigenvalue weighted by atomic mass is 33.1. The van der Waals surface area contributed by atoms with E-state index < -0.39 is 100 Å². The maximum Gasteiger partial charge on any atom is 0.244 e. The summed E-state index contributed by atoms with van der Waals surface area (Å²) in [7, 11) is 2.12. The lowest BCUT2D eigenvalue weighted by Crippen LogP contribution is -2.61. The number of rotatable bonds is 18. The van der Waals surface area contributed by atoms with Crippen molar-refractivity contribution in [1.82, 2.24) is 68.1 Å². The molecule has 81 heavy (non-hydrogen) atoms. The molecule has 1 aliphatic rings. The number of nitrogens with zero attached hydrogens (tertiary/aromatic N) is 1. The highest BCUT2D eigenvalue weighted by Crippen LogP contribution is 2.38. The van der Waals surface area contributed by atoms with Gasteiger partial charge in [0.1, 0.15) is 42.3 Å². The minimum absolute atomic E-state index is 0.00413. The average Bonchev–Trinajstić information content (AvgIpc) is 4.21. The Labute approximate surface area is 476 Å². The summed E-state index contributed by atoms with van der Waals surface area (Å²) in [6.45, 7) is 4.78. The van der Waals surface area contributed by atoms with Gasteiger partial charge < -0.3 is 80.3 Å². The van der Waals surface area contributed by atoms with Crippen LogP contribution in [0.25, 0.3) is 10.9 Å². The third-order valence-electron chi connectivity index (χ3n) is 12.9. The number of imidazole rings is 1. The minimum Gasteiger partial charge on any atom is -0.370 e. The van der Waals surface area contributed by atoms with E-state index in [4.69, 9.17) is 28.0 Å². The molecule has 1 saturated heterocycles. The first-order valence-corrected chi connectivity index (χ1v) is 28.6. The molecule has 29 heteroatoms. The van der Waals surface area contributed by atoms with Gasteiger partial charge in [-0.05, 0) is 63.1 Å². The Morgan fingerprint density at radius 1 is 0.753 bits per heavy atom. The number of para-hydroxylation sites is 1. The monoisotopic (exact) mass is 1160 g/mol. The first kappa shape index (κ1) is 63.5. The molecule has 1 aliphatic heterocycles. The molecule has 9 amide bonds. The molecule has 0 saturated carbocycles. The second-order valence-corrected chi connectivity index (χ2v) is 22.8. The minimum atomic E-state index is -1.48. The van der Waals surface area contributed by atoms with Crippen LogP contribution in [0.5, 0.6) is 0 Å². The fraction of sp³-hybridized carbons (Fsp3) is 0.462. The normalized spacial score (nSPS) is 21.4. The third-order valence-corrected chi connectivity index (χ3v) is 16.2. The van der Waals surface area contributed by atoms with Gasteiger partial charge >= 0.3 is 0 Å². The highest BCUT2D eigenvalue weighted by Gasteiger charge is 2.38. The first-order chi connectivity index (χ1) is 38.6. The zero-order valence-electron chi connectivity index (χ0n) is 45.3. The second-order valence-electron chi connectivity index (χ2n) is 19.8. The van der Waals surface area contributed by atoms with Crippen LogP contribution in [0.4, 0.5) is 0 Å². The van der Waals surface area contributed by atoms with Crippen LogP contribution in [0.15, 0.2) is 73.3 Å². The number of hydrogen-bond acceptors (Lipinski definition) is 14. The fourth-order valence-corrected chi connectivity index (χ4v) is 11.5. The number of carbonyl (C=O) groups is 9. The molecule has 0 bridgehead atoms. The van der Waals surface area contributed by atoms with Crippen molar-refractivity contribution in [3.05, 3.63) is 90.1 Å². The van der Waals surface area contributed by atoms with Crippen LogP contribution in [-0.4, -0.2) is 152 Å². The van der Waals surface area contributed by atoms with Crippen molar-refractivity contribution >= 4 is 97.6 Å². The van der Waals surface area contributed by atoms with Gasteiger partial charge in [0.25, 0.3) is 0 Å². The van der Waals surface area contributed by atoms with E-state index in [1.165, 1.54) is 19.4 Å². The molecule has 438 valence electrons. The van der Waals surface area contributed by atoms with E-state index in [0.717, 1.165) is 32.5 Å². The Kier molecular flexibility index (Phi) is 24.7. The molecular formula is C52H74N18O9S2. The summed E-state index contributed by atoms with van der Waals surface area (Å²) < 4.78 is -1.16. The van der Waals surface area contributed by atoms with E-state index in [1.807, 2.05) is 24.3 Å². The SMILES string of the molecule is CC(=O)N[C@H](CCCNC(=N)N)C(=O)N[C@H]1CSSC(C)(C)[C@@H](C(N)=O)NC(=O)CCCNC(=O)[C@H](Cc2c[nH]c3ccccc23)NC(=O)[C@H](CCCNC(=N)N)NC(=O)[C@@H](Cc2ccccc2)NC(=O)[C@H](Cc2c[nH]cn2)NC1=O. The van der Waals surface area contributed by atoms with Gasteiger partial charge in [0, 0.05) is 86.0 Å². The van der Waals surface area contributed by atoms with E-state index in [0.29, 0.717) is 16.8 Å². The topological polar surface area (TPSA) is 444 Å². The summed E-state index contributed by atoms with van der Waals surface area (Å²) in [4.78, 5) is 136. The predicted molar refractivity (Wildman–Crippen MR) is 307 cm³/mol. The summed E-state index contributed by atoms with van der Waals surface area (Å²) in [5.41, 5.74) is 19.3. The number of nitrogens with one attached hydrogen (secondary N) is 14. The molecular weight excluding hydrogens is 1080 g/mol. The zero-order valence-corrected chi connectivity index (χ0v) is 47.0.